The molecule has 4 heteroatoms. The zero-order valence-electron chi connectivity index (χ0n) is 11.4. The molecule has 0 fully saturated rings. The van der Waals surface area contributed by atoms with E-state index in [1.165, 1.54) is 0 Å². The Hall–Kier alpha value is -1.42. The molecule has 1 rings (SSSR count). The quantitative estimate of drug-likeness (QED) is 0.777. The number of aromatic nitrogens is 1. The van der Waals surface area contributed by atoms with E-state index in [0.29, 0.717) is 6.54 Å². The van der Waals surface area contributed by atoms with Gasteiger partial charge in [0, 0.05) is 24.5 Å². The van der Waals surface area contributed by atoms with Gasteiger partial charge in [0.05, 0.1) is 6.54 Å². The van der Waals surface area contributed by atoms with Crippen LogP contribution in [0.1, 0.15) is 45.2 Å². The fourth-order valence-electron chi connectivity index (χ4n) is 1.85. The van der Waals surface area contributed by atoms with Gasteiger partial charge >= 0.3 is 0 Å². The molecule has 0 saturated heterocycles. The summed E-state index contributed by atoms with van der Waals surface area (Å²) in [5.74, 6) is 0.0526. The van der Waals surface area contributed by atoms with Crippen molar-refractivity contribution in [3.05, 3.63) is 30.1 Å². The molecule has 2 N–H and O–H groups in total. The molecule has 100 valence electrons. The zero-order valence-corrected chi connectivity index (χ0v) is 11.4. The van der Waals surface area contributed by atoms with Crippen molar-refractivity contribution < 1.29 is 4.79 Å². The SMILES string of the molecule is CCCC(C)NC(=O)CNC(C)c1ccncc1. The molecule has 0 aliphatic carbocycles. The molecular formula is C14H23N3O. The fourth-order valence-corrected chi connectivity index (χ4v) is 1.85. The lowest BCUT2D eigenvalue weighted by Crippen LogP contribution is -2.39. The van der Waals surface area contributed by atoms with Crippen LogP contribution in [0.3, 0.4) is 0 Å². The van der Waals surface area contributed by atoms with Crippen LogP contribution in [0.25, 0.3) is 0 Å². The molecule has 1 aromatic heterocycles. The fraction of sp³-hybridized carbons (Fsp3) is 0.571. The Balaban J connectivity index is 2.30. The average Bonchev–Trinajstić information content (AvgIpc) is 2.37. The first-order chi connectivity index (χ1) is 8.63. The van der Waals surface area contributed by atoms with E-state index in [-0.39, 0.29) is 18.0 Å². The van der Waals surface area contributed by atoms with Crippen molar-refractivity contribution in [2.24, 2.45) is 0 Å². The molecule has 1 amide bonds. The molecule has 0 aliphatic heterocycles. The summed E-state index contributed by atoms with van der Waals surface area (Å²) < 4.78 is 0. The highest BCUT2D eigenvalue weighted by atomic mass is 16.1. The van der Waals surface area contributed by atoms with Gasteiger partial charge in [0.1, 0.15) is 0 Å². The van der Waals surface area contributed by atoms with Crippen LogP contribution in [0.4, 0.5) is 0 Å². The summed E-state index contributed by atoms with van der Waals surface area (Å²) in [5.41, 5.74) is 1.14. The van der Waals surface area contributed by atoms with E-state index in [1.54, 1.807) is 12.4 Å². The molecule has 1 aromatic rings. The van der Waals surface area contributed by atoms with E-state index in [2.05, 4.69) is 22.5 Å². The van der Waals surface area contributed by atoms with Gasteiger partial charge in [-0.25, -0.2) is 0 Å². The first kappa shape index (κ1) is 14.6. The number of rotatable bonds is 7. The maximum absolute atomic E-state index is 11.7. The molecule has 4 nitrogen and oxygen atoms in total. The van der Waals surface area contributed by atoms with Gasteiger partial charge in [-0.1, -0.05) is 13.3 Å². The number of hydrogen-bond donors (Lipinski definition) is 2. The molecule has 0 spiro atoms. The highest BCUT2D eigenvalue weighted by Gasteiger charge is 2.09. The van der Waals surface area contributed by atoms with Gasteiger partial charge in [-0.2, -0.15) is 0 Å². The smallest absolute Gasteiger partial charge is 0.234 e. The third-order valence-corrected chi connectivity index (χ3v) is 2.90. The Bertz CT molecular complexity index is 353. The summed E-state index contributed by atoms with van der Waals surface area (Å²) in [6.45, 7) is 6.54. The van der Waals surface area contributed by atoms with Gasteiger partial charge in [0.15, 0.2) is 0 Å². The maximum Gasteiger partial charge on any atom is 0.234 e. The van der Waals surface area contributed by atoms with Gasteiger partial charge < -0.3 is 10.6 Å². The number of carbonyl (C=O) groups is 1. The minimum absolute atomic E-state index is 0.0526. The molecular weight excluding hydrogens is 226 g/mol. The summed E-state index contributed by atoms with van der Waals surface area (Å²) in [7, 11) is 0. The van der Waals surface area contributed by atoms with Gasteiger partial charge in [0.2, 0.25) is 5.91 Å². The van der Waals surface area contributed by atoms with Crippen LogP contribution in [-0.4, -0.2) is 23.5 Å². The standard InChI is InChI=1S/C14H23N3O/c1-4-5-11(2)17-14(18)10-16-12(3)13-6-8-15-9-7-13/h6-9,11-12,16H,4-5,10H2,1-3H3,(H,17,18). The molecule has 18 heavy (non-hydrogen) atoms. The topological polar surface area (TPSA) is 54.0 Å². The summed E-state index contributed by atoms with van der Waals surface area (Å²) in [4.78, 5) is 15.7. The van der Waals surface area contributed by atoms with E-state index >= 15 is 0 Å². The Morgan fingerprint density at radius 3 is 2.61 bits per heavy atom. The van der Waals surface area contributed by atoms with Crippen molar-refractivity contribution in [1.29, 1.82) is 0 Å². The zero-order chi connectivity index (χ0) is 13.4. The van der Waals surface area contributed by atoms with E-state index < -0.39 is 0 Å². The van der Waals surface area contributed by atoms with Crippen molar-refractivity contribution in [3.8, 4) is 0 Å². The van der Waals surface area contributed by atoms with Gasteiger partial charge in [0.25, 0.3) is 0 Å². The highest BCUT2D eigenvalue weighted by molar-refractivity contribution is 5.78. The lowest BCUT2D eigenvalue weighted by atomic mass is 10.1. The first-order valence-corrected chi connectivity index (χ1v) is 6.56. The van der Waals surface area contributed by atoms with E-state index in [1.807, 2.05) is 26.0 Å². The third-order valence-electron chi connectivity index (χ3n) is 2.90. The molecule has 0 bridgehead atoms. The van der Waals surface area contributed by atoms with Crippen LogP contribution in [0.5, 0.6) is 0 Å². The first-order valence-electron chi connectivity index (χ1n) is 6.56. The van der Waals surface area contributed by atoms with Crippen molar-refractivity contribution in [2.45, 2.75) is 45.7 Å². The van der Waals surface area contributed by atoms with Gasteiger partial charge in [-0.15, -0.1) is 0 Å². The number of nitrogens with zero attached hydrogens (tertiary/aromatic N) is 1. The molecule has 2 atom stereocenters. The lowest BCUT2D eigenvalue weighted by molar-refractivity contribution is -0.121. The predicted octanol–water partition coefficient (Wildman–Crippen LogP) is 2.04. The minimum Gasteiger partial charge on any atom is -0.353 e. The molecule has 2 unspecified atom stereocenters. The molecule has 0 radical (unpaired) electrons. The second kappa shape index (κ2) is 7.82. The Morgan fingerprint density at radius 2 is 2.00 bits per heavy atom. The summed E-state index contributed by atoms with van der Waals surface area (Å²) in [6, 6.07) is 4.31. The van der Waals surface area contributed by atoms with Gasteiger partial charge in [-0.05, 0) is 38.0 Å². The maximum atomic E-state index is 11.7. The van der Waals surface area contributed by atoms with E-state index in [9.17, 15) is 4.79 Å². The van der Waals surface area contributed by atoms with Crippen LogP contribution < -0.4 is 10.6 Å². The van der Waals surface area contributed by atoms with Crippen LogP contribution >= 0.6 is 0 Å². The third kappa shape index (κ3) is 5.27. The molecule has 0 aromatic carbocycles. The van der Waals surface area contributed by atoms with Crippen molar-refractivity contribution in [1.82, 2.24) is 15.6 Å². The molecule has 0 saturated carbocycles. The number of pyridine rings is 1. The summed E-state index contributed by atoms with van der Waals surface area (Å²) in [5, 5.41) is 6.18. The monoisotopic (exact) mass is 249 g/mol. The van der Waals surface area contributed by atoms with Crippen molar-refractivity contribution in [2.75, 3.05) is 6.54 Å². The predicted molar refractivity (Wildman–Crippen MR) is 73.2 cm³/mol. The second-order valence-electron chi connectivity index (χ2n) is 4.64. The van der Waals surface area contributed by atoms with Crippen LogP contribution in [0.2, 0.25) is 0 Å². The average molecular weight is 249 g/mol. The summed E-state index contributed by atoms with van der Waals surface area (Å²) in [6.07, 6.45) is 5.63. The largest absolute Gasteiger partial charge is 0.353 e. The number of carbonyl (C=O) groups excluding carboxylic acids is 1. The lowest BCUT2D eigenvalue weighted by Gasteiger charge is -2.16. The highest BCUT2D eigenvalue weighted by Crippen LogP contribution is 2.09. The Kier molecular flexibility index (Phi) is 6.36. The Morgan fingerprint density at radius 1 is 1.33 bits per heavy atom. The Labute approximate surface area is 109 Å². The van der Waals surface area contributed by atoms with E-state index in [0.717, 1.165) is 18.4 Å². The molecule has 1 heterocycles. The van der Waals surface area contributed by atoms with Crippen molar-refractivity contribution in [3.63, 3.8) is 0 Å². The van der Waals surface area contributed by atoms with Crippen molar-refractivity contribution >= 4 is 5.91 Å². The van der Waals surface area contributed by atoms with E-state index in [4.69, 9.17) is 0 Å². The number of hydrogen-bond acceptors (Lipinski definition) is 3. The summed E-state index contributed by atoms with van der Waals surface area (Å²) >= 11 is 0. The normalized spacial score (nSPS) is 13.9. The van der Waals surface area contributed by atoms with Crippen LogP contribution in [-0.2, 0) is 4.79 Å². The molecule has 0 aliphatic rings. The van der Waals surface area contributed by atoms with Crippen LogP contribution in [0.15, 0.2) is 24.5 Å². The number of nitrogens with one attached hydrogen (secondary N) is 2. The second-order valence-corrected chi connectivity index (χ2v) is 4.64. The number of amides is 1. The van der Waals surface area contributed by atoms with Crippen LogP contribution in [0, 0.1) is 0 Å². The van der Waals surface area contributed by atoms with Gasteiger partial charge in [-0.3, -0.25) is 9.78 Å². The minimum atomic E-state index is 0.0526.